The van der Waals surface area contributed by atoms with Crippen molar-refractivity contribution < 1.29 is 14.6 Å². The molecule has 0 aromatic heterocycles. The molecule has 0 unspecified atom stereocenters. The van der Waals surface area contributed by atoms with Crippen LogP contribution in [-0.4, -0.2) is 23.8 Å². The van der Waals surface area contributed by atoms with E-state index in [2.05, 4.69) is 62.5 Å². The smallest absolute Gasteiger partial charge is 0.308 e. The highest BCUT2D eigenvalue weighted by Crippen LogP contribution is 2.18. The SMILES string of the molecule is CCCCC/C=C\C/C=C\CCCCCCCCC(CCCCCCCC/C=C\C/C=C\CCCCC)OC(=O)CCO. The molecule has 0 bridgehead atoms. The second kappa shape index (κ2) is 36.6. The Kier molecular flexibility index (Phi) is 35.2. The average molecular weight is 601 g/mol. The number of hydrogen-bond acceptors (Lipinski definition) is 3. The van der Waals surface area contributed by atoms with E-state index in [1.165, 1.54) is 128 Å². The number of ether oxygens (including phenoxy) is 1. The molecule has 1 N–H and O–H groups in total. The summed E-state index contributed by atoms with van der Waals surface area (Å²) in [4.78, 5) is 12.0. The van der Waals surface area contributed by atoms with Crippen molar-refractivity contribution in [2.24, 2.45) is 0 Å². The largest absolute Gasteiger partial charge is 0.462 e. The van der Waals surface area contributed by atoms with Crippen molar-refractivity contribution >= 4 is 5.97 Å². The fourth-order valence-electron chi connectivity index (χ4n) is 5.32. The summed E-state index contributed by atoms with van der Waals surface area (Å²) in [5, 5.41) is 9.08. The van der Waals surface area contributed by atoms with Crippen LogP contribution in [0.2, 0.25) is 0 Å². The van der Waals surface area contributed by atoms with Crippen LogP contribution in [0.15, 0.2) is 48.6 Å². The summed E-state index contributed by atoms with van der Waals surface area (Å²) in [5.41, 5.74) is 0. The van der Waals surface area contributed by atoms with Crippen LogP contribution in [0.5, 0.6) is 0 Å². The van der Waals surface area contributed by atoms with Crippen LogP contribution in [0.4, 0.5) is 0 Å². The number of hydrogen-bond donors (Lipinski definition) is 1. The van der Waals surface area contributed by atoms with E-state index in [9.17, 15) is 4.79 Å². The third-order valence-corrected chi connectivity index (χ3v) is 8.07. The van der Waals surface area contributed by atoms with Gasteiger partial charge >= 0.3 is 5.97 Å². The van der Waals surface area contributed by atoms with E-state index < -0.39 is 0 Å². The second-order valence-electron chi connectivity index (χ2n) is 12.3. The van der Waals surface area contributed by atoms with Gasteiger partial charge in [-0.25, -0.2) is 0 Å². The first-order chi connectivity index (χ1) is 21.2. The Balaban J connectivity index is 3.81. The predicted molar refractivity (Wildman–Crippen MR) is 190 cm³/mol. The lowest BCUT2D eigenvalue weighted by molar-refractivity contribution is -0.150. The van der Waals surface area contributed by atoms with Gasteiger partial charge in [-0.05, 0) is 89.9 Å². The van der Waals surface area contributed by atoms with Crippen LogP contribution in [0, 0.1) is 0 Å². The summed E-state index contributed by atoms with van der Waals surface area (Å²) < 4.78 is 5.72. The Bertz CT molecular complexity index is 627. The lowest BCUT2D eigenvalue weighted by Crippen LogP contribution is -2.19. The summed E-state index contributed by atoms with van der Waals surface area (Å²) in [7, 11) is 0. The number of aliphatic hydroxyl groups is 1. The standard InChI is InChI=1S/C40H72O3/c1-3-5-7-9-11-13-15-17-19-21-23-25-27-29-31-33-35-39(43-40(42)37-38-41)36-34-32-30-28-26-24-22-20-18-16-14-12-10-8-6-4-2/h11-14,17-20,39,41H,3-10,15-16,21-38H2,1-2H3/b13-11-,14-12-,19-17-,20-18-. The number of carbonyl (C=O) groups is 1. The van der Waals surface area contributed by atoms with Gasteiger partial charge in [-0.3, -0.25) is 4.79 Å². The van der Waals surface area contributed by atoms with Crippen LogP contribution in [0.25, 0.3) is 0 Å². The Hall–Kier alpha value is -1.61. The van der Waals surface area contributed by atoms with E-state index >= 15 is 0 Å². The molecule has 3 heteroatoms. The lowest BCUT2D eigenvalue weighted by atomic mass is 10.0. The first kappa shape index (κ1) is 41.4. The van der Waals surface area contributed by atoms with Crippen molar-refractivity contribution in [2.75, 3.05) is 6.61 Å². The highest BCUT2D eigenvalue weighted by molar-refractivity contribution is 5.69. The Morgan fingerprint density at radius 3 is 1.23 bits per heavy atom. The number of aliphatic hydroxyl groups excluding tert-OH is 1. The highest BCUT2D eigenvalue weighted by Gasteiger charge is 2.13. The van der Waals surface area contributed by atoms with Gasteiger partial charge in [0.25, 0.3) is 0 Å². The fourth-order valence-corrected chi connectivity index (χ4v) is 5.32. The van der Waals surface area contributed by atoms with Gasteiger partial charge in [-0.1, -0.05) is 140 Å². The van der Waals surface area contributed by atoms with Gasteiger partial charge in [0, 0.05) is 0 Å². The van der Waals surface area contributed by atoms with E-state index in [1.54, 1.807) is 0 Å². The van der Waals surface area contributed by atoms with Gasteiger partial charge in [0.2, 0.25) is 0 Å². The summed E-state index contributed by atoms with van der Waals surface area (Å²) in [6, 6.07) is 0. The molecule has 0 radical (unpaired) electrons. The van der Waals surface area contributed by atoms with Crippen molar-refractivity contribution in [2.45, 2.75) is 193 Å². The lowest BCUT2D eigenvalue weighted by Gasteiger charge is -2.18. The van der Waals surface area contributed by atoms with Crippen molar-refractivity contribution in [1.82, 2.24) is 0 Å². The zero-order valence-corrected chi connectivity index (χ0v) is 28.8. The average Bonchev–Trinajstić information content (AvgIpc) is 3.00. The van der Waals surface area contributed by atoms with Gasteiger partial charge in [0.1, 0.15) is 6.10 Å². The summed E-state index contributed by atoms with van der Waals surface area (Å²) in [5.74, 6) is -0.243. The second-order valence-corrected chi connectivity index (χ2v) is 12.3. The van der Waals surface area contributed by atoms with Gasteiger partial charge in [0.15, 0.2) is 0 Å². The molecule has 0 aliphatic carbocycles. The zero-order chi connectivity index (χ0) is 31.3. The van der Waals surface area contributed by atoms with Gasteiger partial charge < -0.3 is 9.84 Å². The predicted octanol–water partition coefficient (Wildman–Crippen LogP) is 12.7. The maximum Gasteiger partial charge on any atom is 0.308 e. The molecule has 0 aromatic rings. The van der Waals surface area contributed by atoms with Crippen molar-refractivity contribution in [3.8, 4) is 0 Å². The summed E-state index contributed by atoms with van der Waals surface area (Å²) >= 11 is 0. The molecule has 3 nitrogen and oxygen atoms in total. The number of rotatable bonds is 33. The molecular weight excluding hydrogens is 528 g/mol. The van der Waals surface area contributed by atoms with Crippen molar-refractivity contribution in [3.63, 3.8) is 0 Å². The topological polar surface area (TPSA) is 46.5 Å². The maximum atomic E-state index is 12.0. The molecule has 0 aliphatic heterocycles. The quantitative estimate of drug-likeness (QED) is 0.0463. The monoisotopic (exact) mass is 601 g/mol. The van der Waals surface area contributed by atoms with Crippen LogP contribution in [-0.2, 0) is 9.53 Å². The van der Waals surface area contributed by atoms with Crippen LogP contribution < -0.4 is 0 Å². The minimum absolute atomic E-state index is 0.0238. The molecule has 0 spiro atoms. The highest BCUT2D eigenvalue weighted by atomic mass is 16.5. The summed E-state index contributed by atoms with van der Waals surface area (Å²) in [6.07, 6.45) is 50.6. The Labute approximate surface area is 268 Å². The first-order valence-corrected chi connectivity index (χ1v) is 18.6. The molecule has 0 rings (SSSR count). The number of allylic oxidation sites excluding steroid dienone is 8. The Morgan fingerprint density at radius 1 is 0.512 bits per heavy atom. The summed E-state index contributed by atoms with van der Waals surface area (Å²) in [6.45, 7) is 4.38. The minimum atomic E-state index is -0.243. The van der Waals surface area contributed by atoms with Gasteiger partial charge in [0.05, 0.1) is 13.0 Å². The first-order valence-electron chi connectivity index (χ1n) is 18.6. The molecule has 0 fully saturated rings. The molecule has 0 aliphatic rings. The number of carbonyl (C=O) groups excluding carboxylic acids is 1. The normalized spacial score (nSPS) is 12.3. The van der Waals surface area contributed by atoms with Gasteiger partial charge in [-0.15, -0.1) is 0 Å². The maximum absolute atomic E-state index is 12.0. The zero-order valence-electron chi connectivity index (χ0n) is 28.8. The van der Waals surface area contributed by atoms with Crippen LogP contribution in [0.1, 0.15) is 187 Å². The molecular formula is C40H72O3. The Morgan fingerprint density at radius 2 is 0.860 bits per heavy atom. The number of unbranched alkanes of at least 4 members (excludes halogenated alkanes) is 18. The van der Waals surface area contributed by atoms with E-state index in [4.69, 9.17) is 9.84 Å². The third kappa shape index (κ3) is 34.7. The third-order valence-electron chi connectivity index (χ3n) is 8.07. The van der Waals surface area contributed by atoms with Gasteiger partial charge in [-0.2, -0.15) is 0 Å². The molecule has 0 saturated carbocycles. The molecule has 250 valence electrons. The number of esters is 1. The van der Waals surface area contributed by atoms with E-state index in [-0.39, 0.29) is 25.1 Å². The molecule has 0 saturated heterocycles. The minimum Gasteiger partial charge on any atom is -0.462 e. The molecule has 43 heavy (non-hydrogen) atoms. The van der Waals surface area contributed by atoms with E-state index in [0.717, 1.165) is 38.5 Å². The van der Waals surface area contributed by atoms with E-state index in [1.807, 2.05) is 0 Å². The van der Waals surface area contributed by atoms with E-state index in [0.29, 0.717) is 0 Å². The fraction of sp³-hybridized carbons (Fsp3) is 0.775. The van der Waals surface area contributed by atoms with Crippen molar-refractivity contribution in [1.29, 1.82) is 0 Å². The van der Waals surface area contributed by atoms with Crippen molar-refractivity contribution in [3.05, 3.63) is 48.6 Å². The molecule has 0 atom stereocenters. The van der Waals surface area contributed by atoms with Crippen LogP contribution in [0.3, 0.4) is 0 Å². The molecule has 0 amide bonds. The van der Waals surface area contributed by atoms with Crippen LogP contribution >= 0.6 is 0 Å². The molecule has 0 heterocycles. The molecule has 0 aromatic carbocycles.